The summed E-state index contributed by atoms with van der Waals surface area (Å²) in [5, 5.41) is 3.08. The standard InChI is InChI=1S/C19H32N2O3S2/c1-14(2)7-5-8-15(3)20-19(22)17-9-6-12-21(13-17)26(23,24)18-11-10-16(4)25-18/h10-11,14-15,17H,5-9,12-13H2,1-4H3,(H,20,22). The Kier molecular flexibility index (Phi) is 7.67. The van der Waals surface area contributed by atoms with Gasteiger partial charge in [-0.2, -0.15) is 4.31 Å². The average molecular weight is 401 g/mol. The van der Waals surface area contributed by atoms with Gasteiger partial charge in [0.05, 0.1) is 5.92 Å². The predicted octanol–water partition coefficient (Wildman–Crippen LogP) is 3.79. The molecule has 26 heavy (non-hydrogen) atoms. The van der Waals surface area contributed by atoms with Crippen molar-refractivity contribution in [1.82, 2.24) is 9.62 Å². The lowest BCUT2D eigenvalue weighted by Crippen LogP contribution is -2.46. The molecule has 148 valence electrons. The Balaban J connectivity index is 1.92. The molecule has 0 bridgehead atoms. The minimum Gasteiger partial charge on any atom is -0.353 e. The van der Waals surface area contributed by atoms with Crippen molar-refractivity contribution in [3.63, 3.8) is 0 Å². The van der Waals surface area contributed by atoms with Crippen LogP contribution in [0.3, 0.4) is 0 Å². The Hall–Kier alpha value is -0.920. The molecule has 1 aliphatic rings. The van der Waals surface area contributed by atoms with E-state index in [0.29, 0.717) is 16.7 Å². The SMILES string of the molecule is Cc1ccc(S(=O)(=O)N2CCCC(C(=O)NC(C)CCCC(C)C)C2)s1. The number of hydrogen-bond donors (Lipinski definition) is 1. The number of thiophene rings is 1. The second kappa shape index (κ2) is 9.33. The predicted molar refractivity (Wildman–Crippen MR) is 107 cm³/mol. The number of piperidine rings is 1. The summed E-state index contributed by atoms with van der Waals surface area (Å²) in [5.41, 5.74) is 0. The third-order valence-corrected chi connectivity index (χ3v) is 8.21. The van der Waals surface area contributed by atoms with Gasteiger partial charge in [0.25, 0.3) is 10.0 Å². The third-order valence-electron chi connectivity index (χ3n) is 4.87. The van der Waals surface area contributed by atoms with Crippen LogP contribution in [0.5, 0.6) is 0 Å². The summed E-state index contributed by atoms with van der Waals surface area (Å²) in [6.07, 6.45) is 4.70. The molecule has 2 atom stereocenters. The van der Waals surface area contributed by atoms with E-state index in [9.17, 15) is 13.2 Å². The molecule has 2 heterocycles. The van der Waals surface area contributed by atoms with Crippen LogP contribution in [-0.4, -0.2) is 37.8 Å². The summed E-state index contributed by atoms with van der Waals surface area (Å²) >= 11 is 1.29. The minimum absolute atomic E-state index is 0.00990. The number of amides is 1. The molecule has 1 N–H and O–H groups in total. The molecule has 1 aromatic rings. The van der Waals surface area contributed by atoms with Crippen LogP contribution in [-0.2, 0) is 14.8 Å². The first kappa shape index (κ1) is 21.4. The molecule has 1 amide bonds. The van der Waals surface area contributed by atoms with Gasteiger partial charge in [0, 0.05) is 24.0 Å². The summed E-state index contributed by atoms with van der Waals surface area (Å²) in [6.45, 7) is 9.11. The van der Waals surface area contributed by atoms with Crippen molar-refractivity contribution in [3.8, 4) is 0 Å². The fraction of sp³-hybridized carbons (Fsp3) is 0.737. The zero-order valence-electron chi connectivity index (χ0n) is 16.3. The minimum atomic E-state index is -3.49. The largest absolute Gasteiger partial charge is 0.353 e. The van der Waals surface area contributed by atoms with E-state index in [4.69, 9.17) is 0 Å². The molecule has 5 nitrogen and oxygen atoms in total. The van der Waals surface area contributed by atoms with Crippen LogP contribution in [0.4, 0.5) is 0 Å². The molecule has 0 saturated carbocycles. The molecule has 1 aliphatic heterocycles. The molecular formula is C19H32N2O3S2. The van der Waals surface area contributed by atoms with Crippen molar-refractivity contribution >= 4 is 27.3 Å². The fourth-order valence-electron chi connectivity index (χ4n) is 3.32. The van der Waals surface area contributed by atoms with Crippen molar-refractivity contribution < 1.29 is 13.2 Å². The zero-order valence-corrected chi connectivity index (χ0v) is 18.0. The van der Waals surface area contributed by atoms with Crippen molar-refractivity contribution in [2.45, 2.75) is 70.1 Å². The fourth-order valence-corrected chi connectivity index (χ4v) is 6.28. The third kappa shape index (κ3) is 5.79. The van der Waals surface area contributed by atoms with E-state index >= 15 is 0 Å². The van der Waals surface area contributed by atoms with Gasteiger partial charge in [0.1, 0.15) is 4.21 Å². The second-order valence-electron chi connectivity index (χ2n) is 7.80. The second-order valence-corrected chi connectivity index (χ2v) is 11.3. The lowest BCUT2D eigenvalue weighted by atomic mass is 9.98. The lowest BCUT2D eigenvalue weighted by Gasteiger charge is -2.31. The number of carbonyl (C=O) groups excluding carboxylic acids is 1. The maximum Gasteiger partial charge on any atom is 0.252 e. The Morgan fingerprint density at radius 3 is 2.65 bits per heavy atom. The zero-order chi connectivity index (χ0) is 19.3. The van der Waals surface area contributed by atoms with Crippen molar-refractivity contribution in [3.05, 3.63) is 17.0 Å². The smallest absolute Gasteiger partial charge is 0.252 e. The van der Waals surface area contributed by atoms with E-state index in [2.05, 4.69) is 19.2 Å². The highest BCUT2D eigenvalue weighted by atomic mass is 32.2. The summed E-state index contributed by atoms with van der Waals surface area (Å²) in [7, 11) is -3.49. The molecule has 1 saturated heterocycles. The van der Waals surface area contributed by atoms with Gasteiger partial charge >= 0.3 is 0 Å². The monoisotopic (exact) mass is 400 g/mol. The van der Waals surface area contributed by atoms with E-state index < -0.39 is 10.0 Å². The van der Waals surface area contributed by atoms with Gasteiger partial charge in [0.15, 0.2) is 0 Å². The summed E-state index contributed by atoms with van der Waals surface area (Å²) < 4.78 is 27.5. The van der Waals surface area contributed by atoms with Crippen LogP contribution in [0.25, 0.3) is 0 Å². The van der Waals surface area contributed by atoms with Crippen LogP contribution in [0.15, 0.2) is 16.3 Å². The number of sulfonamides is 1. The molecule has 0 radical (unpaired) electrons. The van der Waals surface area contributed by atoms with E-state index in [-0.39, 0.29) is 24.4 Å². The molecule has 0 spiro atoms. The van der Waals surface area contributed by atoms with Gasteiger partial charge in [0.2, 0.25) is 5.91 Å². The highest BCUT2D eigenvalue weighted by molar-refractivity contribution is 7.91. The number of nitrogens with one attached hydrogen (secondary N) is 1. The first-order valence-corrected chi connectivity index (χ1v) is 11.8. The number of hydrogen-bond acceptors (Lipinski definition) is 4. The van der Waals surface area contributed by atoms with Crippen molar-refractivity contribution in [1.29, 1.82) is 0 Å². The summed E-state index contributed by atoms with van der Waals surface area (Å²) in [5.74, 6) is 0.410. The lowest BCUT2D eigenvalue weighted by molar-refractivity contribution is -0.126. The van der Waals surface area contributed by atoms with E-state index in [0.717, 1.165) is 37.0 Å². The normalized spacial score (nSPS) is 20.3. The van der Waals surface area contributed by atoms with E-state index in [1.165, 1.54) is 15.6 Å². The number of aryl methyl sites for hydroxylation is 1. The average Bonchev–Trinajstić information content (AvgIpc) is 3.02. The Morgan fingerprint density at radius 1 is 1.31 bits per heavy atom. The first-order chi connectivity index (χ1) is 12.2. The van der Waals surface area contributed by atoms with Crippen LogP contribution in [0, 0.1) is 18.8 Å². The van der Waals surface area contributed by atoms with Crippen LogP contribution < -0.4 is 5.32 Å². The maximum absolute atomic E-state index is 12.8. The summed E-state index contributed by atoms with van der Waals surface area (Å²) in [4.78, 5) is 13.6. The molecule has 1 aromatic heterocycles. The molecule has 7 heteroatoms. The first-order valence-electron chi connectivity index (χ1n) is 9.57. The Morgan fingerprint density at radius 2 is 2.04 bits per heavy atom. The van der Waals surface area contributed by atoms with Gasteiger partial charge in [-0.1, -0.05) is 26.7 Å². The van der Waals surface area contributed by atoms with Gasteiger partial charge in [-0.05, 0) is 51.2 Å². The van der Waals surface area contributed by atoms with Crippen molar-refractivity contribution in [2.75, 3.05) is 13.1 Å². The topological polar surface area (TPSA) is 66.5 Å². The molecule has 0 aliphatic carbocycles. The van der Waals surface area contributed by atoms with Gasteiger partial charge in [-0.15, -0.1) is 11.3 Å². The molecule has 0 aromatic carbocycles. The molecule has 2 rings (SSSR count). The van der Waals surface area contributed by atoms with Crippen LogP contribution in [0.1, 0.15) is 57.8 Å². The maximum atomic E-state index is 12.8. The summed E-state index contributed by atoms with van der Waals surface area (Å²) in [6, 6.07) is 3.62. The van der Waals surface area contributed by atoms with E-state index in [1.807, 2.05) is 19.9 Å². The molecule has 2 unspecified atom stereocenters. The van der Waals surface area contributed by atoms with Crippen molar-refractivity contribution in [2.24, 2.45) is 11.8 Å². The van der Waals surface area contributed by atoms with Gasteiger partial charge < -0.3 is 5.32 Å². The van der Waals surface area contributed by atoms with Gasteiger partial charge in [-0.3, -0.25) is 4.79 Å². The van der Waals surface area contributed by atoms with Crippen LogP contribution in [0.2, 0.25) is 0 Å². The van der Waals surface area contributed by atoms with Crippen LogP contribution >= 0.6 is 11.3 Å². The Labute approximate surface area is 162 Å². The Bertz CT molecular complexity index is 697. The molecule has 1 fully saturated rings. The number of carbonyl (C=O) groups is 1. The number of rotatable bonds is 8. The molecular weight excluding hydrogens is 368 g/mol. The van der Waals surface area contributed by atoms with E-state index in [1.54, 1.807) is 6.07 Å². The highest BCUT2D eigenvalue weighted by Gasteiger charge is 2.34. The number of nitrogens with zero attached hydrogens (tertiary/aromatic N) is 1. The quantitative estimate of drug-likeness (QED) is 0.722. The highest BCUT2D eigenvalue weighted by Crippen LogP contribution is 2.28. The van der Waals surface area contributed by atoms with Gasteiger partial charge in [-0.25, -0.2) is 8.42 Å².